The second kappa shape index (κ2) is 8.50. The highest BCUT2D eigenvalue weighted by atomic mass is 16.5. The molecule has 0 atom stereocenters. The zero-order valence-corrected chi connectivity index (χ0v) is 18.4. The molecule has 1 aliphatic rings. The van der Waals surface area contributed by atoms with E-state index in [2.05, 4.69) is 56.1 Å². The van der Waals surface area contributed by atoms with Crippen molar-refractivity contribution < 1.29 is 9.53 Å². The molecule has 2 aromatic carbocycles. The van der Waals surface area contributed by atoms with E-state index in [0.29, 0.717) is 11.8 Å². The largest absolute Gasteiger partial charge is 0.483 e. The number of aryl methyl sites for hydroxylation is 2. The summed E-state index contributed by atoms with van der Waals surface area (Å²) in [5.41, 5.74) is 5.63. The Morgan fingerprint density at radius 2 is 1.83 bits per heavy atom. The molecule has 1 N–H and O–H groups in total. The normalized spacial score (nSPS) is 15.2. The fourth-order valence-electron chi connectivity index (χ4n) is 4.21. The number of nitrogens with one attached hydrogen (secondary N) is 1. The van der Waals surface area contributed by atoms with E-state index in [-0.39, 0.29) is 12.5 Å². The van der Waals surface area contributed by atoms with Gasteiger partial charge in [-0.1, -0.05) is 32.0 Å². The first kappa shape index (κ1) is 20.5. The van der Waals surface area contributed by atoms with E-state index in [9.17, 15) is 4.79 Å². The molecule has 158 valence electrons. The Morgan fingerprint density at radius 1 is 1.13 bits per heavy atom. The number of fused-ring (bicyclic) bond motifs is 1. The Labute approximate surface area is 178 Å². The Morgan fingerprint density at radius 3 is 2.57 bits per heavy atom. The molecule has 2 heterocycles. The third kappa shape index (κ3) is 4.35. The monoisotopic (exact) mass is 405 g/mol. The van der Waals surface area contributed by atoms with Gasteiger partial charge >= 0.3 is 0 Å². The summed E-state index contributed by atoms with van der Waals surface area (Å²) in [7, 11) is 0. The van der Waals surface area contributed by atoms with Crippen molar-refractivity contribution in [2.75, 3.05) is 19.7 Å². The van der Waals surface area contributed by atoms with E-state index < -0.39 is 0 Å². The molecule has 3 aromatic rings. The molecule has 1 aromatic heterocycles. The number of rotatable bonds is 5. The highest BCUT2D eigenvalue weighted by molar-refractivity contribution is 5.78. The van der Waals surface area contributed by atoms with E-state index >= 15 is 0 Å². The number of hydrogen-bond donors (Lipinski definition) is 1. The van der Waals surface area contributed by atoms with Crippen LogP contribution in [0.1, 0.15) is 61.0 Å². The topological polar surface area (TPSA) is 58.2 Å². The Bertz CT molecular complexity index is 1050. The van der Waals surface area contributed by atoms with Crippen LogP contribution in [0.2, 0.25) is 0 Å². The number of nitrogens with zero attached hydrogens (tertiary/aromatic N) is 2. The maximum absolute atomic E-state index is 12.7. The molecule has 1 saturated heterocycles. The van der Waals surface area contributed by atoms with Crippen molar-refractivity contribution in [3.8, 4) is 5.75 Å². The molecule has 0 radical (unpaired) electrons. The van der Waals surface area contributed by atoms with Crippen molar-refractivity contribution >= 4 is 16.9 Å². The SMILES string of the molecule is Cc1ccc(C(C)C)c(OCC(=O)N2CCC(c3nc4ccc(C)cc4[nH]3)CC2)c1. The zero-order chi connectivity index (χ0) is 21.3. The first-order valence-corrected chi connectivity index (χ1v) is 10.9. The number of carbonyl (C=O) groups excluding carboxylic acids is 1. The van der Waals surface area contributed by atoms with E-state index in [1.54, 1.807) is 0 Å². The molecule has 1 aliphatic heterocycles. The summed E-state index contributed by atoms with van der Waals surface area (Å²) in [6, 6.07) is 12.5. The predicted octanol–water partition coefficient (Wildman–Crippen LogP) is 5.09. The standard InChI is InChI=1S/C25H31N3O2/c1-16(2)20-7-5-18(4)14-23(20)30-15-24(29)28-11-9-19(10-12-28)25-26-21-8-6-17(3)13-22(21)27-25/h5-8,13-14,16,19H,9-12,15H2,1-4H3,(H,26,27). The fraction of sp³-hybridized carbons (Fsp3) is 0.440. The highest BCUT2D eigenvalue weighted by Gasteiger charge is 2.26. The van der Waals surface area contributed by atoms with Crippen molar-refractivity contribution in [3.05, 3.63) is 58.9 Å². The van der Waals surface area contributed by atoms with Crippen molar-refractivity contribution in [2.24, 2.45) is 0 Å². The van der Waals surface area contributed by atoms with Crippen LogP contribution in [0.25, 0.3) is 11.0 Å². The number of ether oxygens (including phenoxy) is 1. The van der Waals surface area contributed by atoms with Crippen LogP contribution in [-0.4, -0.2) is 40.5 Å². The van der Waals surface area contributed by atoms with Crippen molar-refractivity contribution in [1.29, 1.82) is 0 Å². The van der Waals surface area contributed by atoms with Gasteiger partial charge in [-0.05, 0) is 67.5 Å². The number of benzene rings is 2. The molecule has 30 heavy (non-hydrogen) atoms. The average molecular weight is 406 g/mol. The van der Waals surface area contributed by atoms with Crippen LogP contribution in [0.3, 0.4) is 0 Å². The minimum Gasteiger partial charge on any atom is -0.483 e. The summed E-state index contributed by atoms with van der Waals surface area (Å²) in [5.74, 6) is 2.65. The van der Waals surface area contributed by atoms with Gasteiger partial charge in [0.2, 0.25) is 0 Å². The number of aromatic amines is 1. The molecule has 0 aliphatic carbocycles. The molecule has 0 bridgehead atoms. The van der Waals surface area contributed by atoms with E-state index in [4.69, 9.17) is 9.72 Å². The van der Waals surface area contributed by atoms with E-state index in [1.807, 2.05) is 17.9 Å². The summed E-state index contributed by atoms with van der Waals surface area (Å²) < 4.78 is 5.95. The van der Waals surface area contributed by atoms with Crippen LogP contribution in [-0.2, 0) is 4.79 Å². The minimum absolute atomic E-state index is 0.0601. The lowest BCUT2D eigenvalue weighted by atomic mass is 9.96. The highest BCUT2D eigenvalue weighted by Crippen LogP contribution is 2.29. The van der Waals surface area contributed by atoms with Gasteiger partial charge < -0.3 is 14.6 Å². The van der Waals surface area contributed by atoms with Gasteiger partial charge in [0, 0.05) is 19.0 Å². The number of piperidine rings is 1. The molecule has 0 spiro atoms. The summed E-state index contributed by atoms with van der Waals surface area (Å²) in [4.78, 5) is 22.9. The first-order valence-electron chi connectivity index (χ1n) is 10.9. The van der Waals surface area contributed by atoms with Gasteiger partial charge in [-0.15, -0.1) is 0 Å². The molecule has 1 fully saturated rings. The van der Waals surface area contributed by atoms with Crippen molar-refractivity contribution in [1.82, 2.24) is 14.9 Å². The number of hydrogen-bond acceptors (Lipinski definition) is 3. The van der Waals surface area contributed by atoms with Gasteiger partial charge in [-0.25, -0.2) is 4.98 Å². The lowest BCUT2D eigenvalue weighted by Crippen LogP contribution is -2.40. The summed E-state index contributed by atoms with van der Waals surface area (Å²) in [6.45, 7) is 10.0. The van der Waals surface area contributed by atoms with Crippen LogP contribution in [0, 0.1) is 13.8 Å². The molecule has 4 rings (SSSR count). The third-order valence-corrected chi connectivity index (χ3v) is 6.03. The Balaban J connectivity index is 1.35. The number of imidazole rings is 1. The Hall–Kier alpha value is -2.82. The first-order chi connectivity index (χ1) is 14.4. The molecule has 5 nitrogen and oxygen atoms in total. The van der Waals surface area contributed by atoms with Crippen LogP contribution in [0.5, 0.6) is 5.75 Å². The second-order valence-electron chi connectivity index (χ2n) is 8.78. The molecule has 1 amide bonds. The number of H-pyrrole nitrogens is 1. The average Bonchev–Trinajstić information content (AvgIpc) is 3.15. The predicted molar refractivity (Wildman–Crippen MR) is 120 cm³/mol. The van der Waals surface area contributed by atoms with E-state index in [0.717, 1.165) is 59.7 Å². The van der Waals surface area contributed by atoms with Gasteiger partial charge in [-0.2, -0.15) is 0 Å². The molecular formula is C25H31N3O2. The molecule has 0 unspecified atom stereocenters. The number of carbonyl (C=O) groups is 1. The summed E-state index contributed by atoms with van der Waals surface area (Å²) >= 11 is 0. The van der Waals surface area contributed by atoms with Crippen LogP contribution in [0.15, 0.2) is 36.4 Å². The zero-order valence-electron chi connectivity index (χ0n) is 18.4. The molecular weight excluding hydrogens is 374 g/mol. The van der Waals surface area contributed by atoms with Gasteiger partial charge in [-0.3, -0.25) is 4.79 Å². The summed E-state index contributed by atoms with van der Waals surface area (Å²) in [5, 5.41) is 0. The number of aromatic nitrogens is 2. The van der Waals surface area contributed by atoms with Crippen molar-refractivity contribution in [2.45, 2.75) is 52.4 Å². The number of amides is 1. The third-order valence-electron chi connectivity index (χ3n) is 6.03. The second-order valence-corrected chi connectivity index (χ2v) is 8.78. The fourth-order valence-corrected chi connectivity index (χ4v) is 4.21. The lowest BCUT2D eigenvalue weighted by molar-refractivity contribution is -0.134. The van der Waals surface area contributed by atoms with Crippen LogP contribution < -0.4 is 4.74 Å². The van der Waals surface area contributed by atoms with Gasteiger partial charge in [0.05, 0.1) is 11.0 Å². The Kier molecular flexibility index (Phi) is 5.80. The smallest absolute Gasteiger partial charge is 0.260 e. The van der Waals surface area contributed by atoms with Crippen LogP contribution in [0.4, 0.5) is 0 Å². The van der Waals surface area contributed by atoms with Gasteiger partial charge in [0.1, 0.15) is 11.6 Å². The summed E-state index contributed by atoms with van der Waals surface area (Å²) in [6.07, 6.45) is 1.85. The maximum Gasteiger partial charge on any atom is 0.260 e. The maximum atomic E-state index is 12.7. The molecule has 0 saturated carbocycles. The van der Waals surface area contributed by atoms with Gasteiger partial charge in [0.15, 0.2) is 6.61 Å². The number of likely N-dealkylation sites (tertiary alicyclic amines) is 1. The van der Waals surface area contributed by atoms with Gasteiger partial charge in [0.25, 0.3) is 5.91 Å². The van der Waals surface area contributed by atoms with Crippen LogP contribution >= 0.6 is 0 Å². The quantitative estimate of drug-likeness (QED) is 0.643. The lowest BCUT2D eigenvalue weighted by Gasteiger charge is -2.31. The molecule has 5 heteroatoms. The van der Waals surface area contributed by atoms with Crippen molar-refractivity contribution in [3.63, 3.8) is 0 Å². The van der Waals surface area contributed by atoms with E-state index in [1.165, 1.54) is 5.56 Å². The minimum atomic E-state index is 0.0601.